The average Bonchev–Trinajstić information content (AvgIpc) is 2.99. The predicted octanol–water partition coefficient (Wildman–Crippen LogP) is 5.57. The third-order valence-corrected chi connectivity index (χ3v) is 7.53. The number of benzene rings is 1. The molecule has 1 aliphatic rings. The molecule has 4 rings (SSSR count). The van der Waals surface area contributed by atoms with Crippen molar-refractivity contribution in [2.45, 2.75) is 48.0 Å². The Balaban J connectivity index is 0.00000141. The lowest BCUT2D eigenvalue weighted by Gasteiger charge is -2.33. The summed E-state index contributed by atoms with van der Waals surface area (Å²) >= 11 is 0. The van der Waals surface area contributed by atoms with E-state index in [9.17, 15) is 8.42 Å². The molecular weight excluding hydrogens is 542 g/mol. The third-order valence-electron chi connectivity index (χ3n) is 6.22. The minimum atomic E-state index is -3.12. The zero-order chi connectivity index (χ0) is 30.4. The van der Waals surface area contributed by atoms with Gasteiger partial charge in [0.2, 0.25) is 15.9 Å². The molecule has 1 saturated heterocycles. The van der Waals surface area contributed by atoms with Crippen LogP contribution in [0.15, 0.2) is 36.8 Å². The number of hydrogen-bond donors (Lipinski definition) is 0. The molecule has 1 fully saturated rings. The van der Waals surface area contributed by atoms with Crippen LogP contribution >= 0.6 is 0 Å². The van der Waals surface area contributed by atoms with E-state index in [1.54, 1.807) is 13.3 Å². The Hall–Kier alpha value is -3.28. The zero-order valence-electron chi connectivity index (χ0n) is 25.7. The molecule has 0 saturated carbocycles. The van der Waals surface area contributed by atoms with Gasteiger partial charge in [0.25, 0.3) is 0 Å². The van der Waals surface area contributed by atoms with Crippen molar-refractivity contribution in [1.82, 2.24) is 24.2 Å². The Bertz CT molecular complexity index is 1370. The number of sulfonamides is 1. The summed E-state index contributed by atoms with van der Waals surface area (Å²) in [5.74, 6) is 2.13. The van der Waals surface area contributed by atoms with Crippen LogP contribution in [0.25, 0.3) is 17.0 Å². The molecular formula is C30H45N5O5S. The first-order valence-corrected chi connectivity index (χ1v) is 16.0. The Kier molecular flexibility index (Phi) is 13.9. The van der Waals surface area contributed by atoms with Gasteiger partial charge in [0.1, 0.15) is 12.1 Å². The van der Waals surface area contributed by atoms with E-state index in [0.29, 0.717) is 53.7 Å². The molecule has 10 nitrogen and oxygen atoms in total. The van der Waals surface area contributed by atoms with Crippen molar-refractivity contribution in [3.05, 3.63) is 48.1 Å². The van der Waals surface area contributed by atoms with E-state index >= 15 is 0 Å². The van der Waals surface area contributed by atoms with Crippen LogP contribution in [-0.4, -0.2) is 85.3 Å². The first-order chi connectivity index (χ1) is 19.8. The first kappa shape index (κ1) is 33.9. The molecule has 41 heavy (non-hydrogen) atoms. The molecule has 3 heterocycles. The number of piperazine rings is 1. The summed E-state index contributed by atoms with van der Waals surface area (Å²) < 4.78 is 42.6. The van der Waals surface area contributed by atoms with Crippen molar-refractivity contribution in [2.24, 2.45) is 0 Å². The molecule has 11 heteroatoms. The topological polar surface area (TPSA) is 107 Å². The number of fused-ring (bicyclic) bond motifs is 1. The van der Waals surface area contributed by atoms with Gasteiger partial charge in [0, 0.05) is 44.5 Å². The number of methoxy groups -OCH3 is 1. The van der Waals surface area contributed by atoms with Crippen LogP contribution in [0.4, 0.5) is 0 Å². The number of aromatic nitrogens is 3. The Morgan fingerprint density at radius 2 is 1.68 bits per heavy atom. The van der Waals surface area contributed by atoms with E-state index in [4.69, 9.17) is 14.2 Å². The number of allylic oxidation sites excluding steroid dienone is 1. The summed E-state index contributed by atoms with van der Waals surface area (Å²) in [7, 11) is -1.53. The minimum Gasteiger partial charge on any atom is -0.493 e. The van der Waals surface area contributed by atoms with Gasteiger partial charge in [-0.1, -0.05) is 39.8 Å². The summed E-state index contributed by atoms with van der Waals surface area (Å²) in [5, 5.41) is 0.698. The van der Waals surface area contributed by atoms with Crippen molar-refractivity contribution < 1.29 is 22.6 Å². The highest BCUT2D eigenvalue weighted by atomic mass is 32.2. The first-order valence-electron chi connectivity index (χ1n) is 14.2. The van der Waals surface area contributed by atoms with Crippen molar-refractivity contribution in [1.29, 1.82) is 0 Å². The van der Waals surface area contributed by atoms with Crippen LogP contribution in [0, 0.1) is 6.92 Å². The molecule has 1 aromatic carbocycles. The highest BCUT2D eigenvalue weighted by Gasteiger charge is 2.23. The van der Waals surface area contributed by atoms with E-state index in [1.807, 2.05) is 71.9 Å². The van der Waals surface area contributed by atoms with Gasteiger partial charge < -0.3 is 19.1 Å². The second-order valence-corrected chi connectivity index (χ2v) is 10.8. The Morgan fingerprint density at radius 1 is 0.976 bits per heavy atom. The zero-order valence-corrected chi connectivity index (χ0v) is 26.5. The van der Waals surface area contributed by atoms with Crippen molar-refractivity contribution in [2.75, 3.05) is 52.7 Å². The van der Waals surface area contributed by atoms with Crippen LogP contribution in [0.5, 0.6) is 23.1 Å². The second kappa shape index (κ2) is 16.9. The molecule has 0 radical (unpaired) electrons. The van der Waals surface area contributed by atoms with Crippen LogP contribution in [0.2, 0.25) is 0 Å². The molecule has 0 aliphatic carbocycles. The van der Waals surface area contributed by atoms with Gasteiger partial charge in [-0.25, -0.2) is 18.4 Å². The predicted molar refractivity (Wildman–Crippen MR) is 166 cm³/mol. The van der Waals surface area contributed by atoms with Gasteiger partial charge in [-0.3, -0.25) is 4.98 Å². The lowest BCUT2D eigenvalue weighted by atomic mass is 10.2. The lowest BCUT2D eigenvalue weighted by Crippen LogP contribution is -2.48. The summed E-state index contributed by atoms with van der Waals surface area (Å²) in [6.07, 6.45) is 9.13. The van der Waals surface area contributed by atoms with Gasteiger partial charge in [-0.15, -0.1) is 0 Å². The normalized spacial score (nSPS) is 14.1. The highest BCUT2D eigenvalue weighted by Crippen LogP contribution is 2.36. The molecule has 2 aromatic heterocycles. The smallest absolute Gasteiger partial charge is 0.230 e. The van der Waals surface area contributed by atoms with Crippen LogP contribution in [-0.2, 0) is 10.0 Å². The summed E-state index contributed by atoms with van der Waals surface area (Å²) in [6.45, 7) is 15.7. The molecule has 0 spiro atoms. The largest absolute Gasteiger partial charge is 0.493 e. The number of hydrogen-bond acceptors (Lipinski definition) is 9. The molecule has 0 bridgehead atoms. The maximum absolute atomic E-state index is 11.7. The maximum Gasteiger partial charge on any atom is 0.230 e. The van der Waals surface area contributed by atoms with Crippen molar-refractivity contribution in [3.63, 3.8) is 0 Å². The SMILES string of the molecule is C/C=C\c1cc(Oc2ncnc3cc(OCCCN4CCN(S(C)(=O)=O)CC4)c(OC)cc23)cnc1C.CC.CC. The van der Waals surface area contributed by atoms with Crippen LogP contribution < -0.4 is 14.2 Å². The number of aryl methyl sites for hydroxylation is 1. The lowest BCUT2D eigenvalue weighted by molar-refractivity contribution is 0.174. The molecule has 0 amide bonds. The molecule has 0 atom stereocenters. The van der Waals surface area contributed by atoms with Crippen LogP contribution in [0.1, 0.15) is 52.3 Å². The van der Waals surface area contributed by atoms with E-state index in [1.165, 1.54) is 16.9 Å². The van der Waals surface area contributed by atoms with Gasteiger partial charge in [0.05, 0.1) is 37.1 Å². The number of nitrogens with zero attached hydrogens (tertiary/aromatic N) is 5. The van der Waals surface area contributed by atoms with Gasteiger partial charge in [-0.05, 0) is 38.0 Å². The second-order valence-electron chi connectivity index (χ2n) is 8.85. The van der Waals surface area contributed by atoms with Crippen molar-refractivity contribution in [3.8, 4) is 23.1 Å². The Labute approximate surface area is 245 Å². The fraction of sp³-hybridized carbons (Fsp3) is 0.500. The Morgan fingerprint density at radius 3 is 2.32 bits per heavy atom. The standard InChI is InChI=1S/C26H33N5O5S.2C2H6/c1-5-7-20-14-21(17-27-19(20)2)36-26-22-15-24(34-3)25(16-23(22)28-18-29-26)35-13-6-8-30-9-11-31(12-10-30)37(4,32)33;2*1-2/h5,7,14-18H,6,8-13H2,1-4H3;2*1-2H3/b7-5-;;. The summed E-state index contributed by atoms with van der Waals surface area (Å²) in [6, 6.07) is 5.57. The number of pyridine rings is 1. The molecule has 0 unspecified atom stereocenters. The fourth-order valence-electron chi connectivity index (χ4n) is 4.19. The molecule has 0 N–H and O–H groups in total. The van der Waals surface area contributed by atoms with E-state index in [-0.39, 0.29) is 0 Å². The van der Waals surface area contributed by atoms with E-state index in [0.717, 1.165) is 37.3 Å². The van der Waals surface area contributed by atoms with Gasteiger partial charge in [0.15, 0.2) is 11.5 Å². The monoisotopic (exact) mass is 587 g/mol. The third kappa shape index (κ3) is 9.65. The van der Waals surface area contributed by atoms with Crippen LogP contribution in [0.3, 0.4) is 0 Å². The average molecular weight is 588 g/mol. The highest BCUT2D eigenvalue weighted by molar-refractivity contribution is 7.88. The number of rotatable bonds is 10. The minimum absolute atomic E-state index is 0.403. The molecule has 1 aliphatic heterocycles. The van der Waals surface area contributed by atoms with E-state index in [2.05, 4.69) is 19.9 Å². The van der Waals surface area contributed by atoms with Gasteiger partial charge >= 0.3 is 0 Å². The quantitative estimate of drug-likeness (QED) is 0.282. The fourth-order valence-corrected chi connectivity index (χ4v) is 5.02. The number of ether oxygens (including phenoxy) is 3. The molecule has 3 aromatic rings. The van der Waals surface area contributed by atoms with Gasteiger partial charge in [-0.2, -0.15) is 4.31 Å². The van der Waals surface area contributed by atoms with E-state index < -0.39 is 10.0 Å². The summed E-state index contributed by atoms with van der Waals surface area (Å²) in [5.41, 5.74) is 2.56. The molecule has 226 valence electrons. The van der Waals surface area contributed by atoms with Crippen molar-refractivity contribution >= 4 is 27.0 Å². The summed E-state index contributed by atoms with van der Waals surface area (Å²) in [4.78, 5) is 15.4. The maximum atomic E-state index is 11.7.